The first-order chi connectivity index (χ1) is 10.0. The van der Waals surface area contributed by atoms with Crippen LogP contribution in [-0.2, 0) is 16.1 Å². The van der Waals surface area contributed by atoms with E-state index in [4.69, 9.17) is 9.84 Å². The summed E-state index contributed by atoms with van der Waals surface area (Å²) in [5.74, 6) is -2.80. The Morgan fingerprint density at radius 2 is 2.10 bits per heavy atom. The van der Waals surface area contributed by atoms with Gasteiger partial charge in [-0.05, 0) is 22.6 Å². The second-order valence-corrected chi connectivity index (χ2v) is 4.24. The van der Waals surface area contributed by atoms with Gasteiger partial charge in [0.15, 0.2) is 5.82 Å². The van der Waals surface area contributed by atoms with Gasteiger partial charge >= 0.3 is 5.97 Å². The van der Waals surface area contributed by atoms with Crippen LogP contribution in [0.15, 0.2) is 18.2 Å². The Balaban J connectivity index is 2.32. The van der Waals surface area contributed by atoms with Crippen LogP contribution in [0.4, 0.5) is 8.78 Å². The highest BCUT2D eigenvalue weighted by molar-refractivity contribution is 5.67. The first-order valence-electron chi connectivity index (χ1n) is 5.98. The minimum absolute atomic E-state index is 0.0428. The first kappa shape index (κ1) is 15.0. The maximum atomic E-state index is 13.7. The Hall–Kier alpha value is -2.42. The number of benzene rings is 1. The molecule has 0 saturated carbocycles. The van der Waals surface area contributed by atoms with Gasteiger partial charge in [-0.2, -0.15) is 0 Å². The largest absolute Gasteiger partial charge is 0.481 e. The number of ether oxygens (including phenoxy) is 1. The number of nitrogens with zero attached hydrogens (tertiary/aromatic N) is 4. The van der Waals surface area contributed by atoms with Crippen LogP contribution in [0.25, 0.3) is 11.4 Å². The molecule has 1 heterocycles. The van der Waals surface area contributed by atoms with Gasteiger partial charge in [-0.25, -0.2) is 13.5 Å². The van der Waals surface area contributed by atoms with Crippen molar-refractivity contribution in [2.45, 2.75) is 19.1 Å². The van der Waals surface area contributed by atoms with Gasteiger partial charge < -0.3 is 9.84 Å². The number of carboxylic acids is 1. The molecule has 7 nitrogen and oxygen atoms in total. The van der Waals surface area contributed by atoms with Crippen LogP contribution < -0.4 is 0 Å². The van der Waals surface area contributed by atoms with Gasteiger partial charge in [0.2, 0.25) is 0 Å². The Kier molecular flexibility index (Phi) is 4.53. The highest BCUT2D eigenvalue weighted by Crippen LogP contribution is 2.23. The molecule has 112 valence electrons. The smallest absolute Gasteiger partial charge is 0.306 e. The molecule has 21 heavy (non-hydrogen) atoms. The molecule has 0 aliphatic carbocycles. The van der Waals surface area contributed by atoms with E-state index in [-0.39, 0.29) is 24.4 Å². The fraction of sp³-hybridized carbons (Fsp3) is 0.333. The van der Waals surface area contributed by atoms with Crippen molar-refractivity contribution in [3.63, 3.8) is 0 Å². The van der Waals surface area contributed by atoms with Crippen LogP contribution in [0.1, 0.15) is 6.42 Å². The third-order valence-corrected chi connectivity index (χ3v) is 2.83. The summed E-state index contributed by atoms with van der Waals surface area (Å²) in [6, 6.07) is 3.40. The molecule has 0 spiro atoms. The molecule has 1 atom stereocenters. The quantitative estimate of drug-likeness (QED) is 0.859. The molecule has 0 fully saturated rings. The molecule has 2 aromatic rings. The molecule has 1 unspecified atom stereocenters. The molecule has 0 aliphatic rings. The Bertz CT molecular complexity index is 627. The van der Waals surface area contributed by atoms with E-state index in [1.54, 1.807) is 0 Å². The van der Waals surface area contributed by atoms with Crippen molar-refractivity contribution in [2.75, 3.05) is 7.11 Å². The Labute approximate surface area is 118 Å². The lowest BCUT2D eigenvalue weighted by Crippen LogP contribution is -2.23. The molecule has 1 N–H and O–H groups in total. The number of hydrogen-bond donors (Lipinski definition) is 1. The van der Waals surface area contributed by atoms with Gasteiger partial charge in [0.05, 0.1) is 24.6 Å². The van der Waals surface area contributed by atoms with Crippen LogP contribution in [0, 0.1) is 11.6 Å². The zero-order valence-electron chi connectivity index (χ0n) is 11.0. The average molecular weight is 298 g/mol. The number of aliphatic carboxylic acids is 1. The van der Waals surface area contributed by atoms with Gasteiger partial charge in [-0.15, -0.1) is 5.10 Å². The predicted molar refractivity (Wildman–Crippen MR) is 66.2 cm³/mol. The van der Waals surface area contributed by atoms with Crippen LogP contribution in [0.5, 0.6) is 0 Å². The Morgan fingerprint density at radius 1 is 1.43 bits per heavy atom. The van der Waals surface area contributed by atoms with Gasteiger partial charge in [-0.3, -0.25) is 4.79 Å². The summed E-state index contributed by atoms with van der Waals surface area (Å²) in [5.41, 5.74) is -0.368. The van der Waals surface area contributed by atoms with Crippen molar-refractivity contribution >= 4 is 5.97 Å². The SMILES string of the molecule is COC(CC(=O)O)Cn1nnnc1-c1c(F)cccc1F. The second-order valence-electron chi connectivity index (χ2n) is 4.24. The number of halogens is 2. The maximum absolute atomic E-state index is 13.7. The summed E-state index contributed by atoms with van der Waals surface area (Å²) in [4.78, 5) is 10.7. The number of carbonyl (C=O) groups is 1. The van der Waals surface area contributed by atoms with Crippen molar-refractivity contribution < 1.29 is 23.4 Å². The van der Waals surface area contributed by atoms with Crippen LogP contribution >= 0.6 is 0 Å². The third-order valence-electron chi connectivity index (χ3n) is 2.83. The molecule has 0 saturated heterocycles. The van der Waals surface area contributed by atoms with E-state index < -0.39 is 23.7 Å². The summed E-state index contributed by atoms with van der Waals surface area (Å²) in [6.07, 6.45) is -1.00. The predicted octanol–water partition coefficient (Wildman–Crippen LogP) is 1.11. The van der Waals surface area contributed by atoms with E-state index in [2.05, 4.69) is 15.5 Å². The van der Waals surface area contributed by atoms with E-state index in [1.165, 1.54) is 13.2 Å². The van der Waals surface area contributed by atoms with Gasteiger partial charge in [0.1, 0.15) is 11.6 Å². The zero-order chi connectivity index (χ0) is 15.4. The van der Waals surface area contributed by atoms with E-state index >= 15 is 0 Å². The summed E-state index contributed by atoms with van der Waals surface area (Å²) < 4.78 is 33.6. The van der Waals surface area contributed by atoms with Crippen molar-refractivity contribution in [3.05, 3.63) is 29.8 Å². The number of carboxylic acid groups (broad SMARTS) is 1. The van der Waals surface area contributed by atoms with E-state index in [1.807, 2.05) is 0 Å². The van der Waals surface area contributed by atoms with Crippen LogP contribution in [0.2, 0.25) is 0 Å². The van der Waals surface area contributed by atoms with E-state index in [0.29, 0.717) is 0 Å². The van der Waals surface area contributed by atoms with Gasteiger partial charge in [0.25, 0.3) is 0 Å². The minimum Gasteiger partial charge on any atom is -0.481 e. The van der Waals surface area contributed by atoms with Gasteiger partial charge in [-0.1, -0.05) is 6.07 Å². The maximum Gasteiger partial charge on any atom is 0.306 e. The first-order valence-corrected chi connectivity index (χ1v) is 5.98. The monoisotopic (exact) mass is 298 g/mol. The van der Waals surface area contributed by atoms with Crippen LogP contribution in [0.3, 0.4) is 0 Å². The second kappa shape index (κ2) is 6.35. The average Bonchev–Trinajstić information content (AvgIpc) is 2.85. The number of aromatic nitrogens is 4. The lowest BCUT2D eigenvalue weighted by atomic mass is 10.2. The number of rotatable bonds is 6. The summed E-state index contributed by atoms with van der Waals surface area (Å²) in [5, 5.41) is 19.3. The number of methoxy groups -OCH3 is 1. The molecule has 0 amide bonds. The zero-order valence-corrected chi connectivity index (χ0v) is 11.0. The molecule has 0 radical (unpaired) electrons. The number of hydrogen-bond acceptors (Lipinski definition) is 5. The highest BCUT2D eigenvalue weighted by Gasteiger charge is 2.21. The standard InChI is InChI=1S/C12H12F2N4O3/c1-21-7(5-10(19)20)6-18-12(15-16-17-18)11-8(13)3-2-4-9(11)14/h2-4,7H,5-6H2,1H3,(H,19,20). The summed E-state index contributed by atoms with van der Waals surface area (Å²) in [7, 11) is 1.33. The normalized spacial score (nSPS) is 12.3. The fourth-order valence-corrected chi connectivity index (χ4v) is 1.83. The topological polar surface area (TPSA) is 90.1 Å². The molecule has 0 aliphatic heterocycles. The number of tetrazole rings is 1. The fourth-order valence-electron chi connectivity index (χ4n) is 1.83. The lowest BCUT2D eigenvalue weighted by molar-refractivity contribution is -0.140. The van der Waals surface area contributed by atoms with Gasteiger partial charge in [0, 0.05) is 7.11 Å². The van der Waals surface area contributed by atoms with Crippen molar-refractivity contribution in [2.24, 2.45) is 0 Å². The lowest BCUT2D eigenvalue weighted by Gasteiger charge is -2.13. The molecule has 9 heteroatoms. The van der Waals surface area contributed by atoms with E-state index in [0.717, 1.165) is 16.8 Å². The molecule has 2 rings (SSSR count). The molecule has 0 bridgehead atoms. The summed E-state index contributed by atoms with van der Waals surface area (Å²) >= 11 is 0. The summed E-state index contributed by atoms with van der Waals surface area (Å²) in [6.45, 7) is -0.0428. The molecule has 1 aromatic heterocycles. The van der Waals surface area contributed by atoms with Crippen molar-refractivity contribution in [1.29, 1.82) is 0 Å². The van der Waals surface area contributed by atoms with E-state index in [9.17, 15) is 13.6 Å². The third kappa shape index (κ3) is 3.37. The Morgan fingerprint density at radius 3 is 2.67 bits per heavy atom. The molecular formula is C12H12F2N4O3. The van der Waals surface area contributed by atoms with Crippen molar-refractivity contribution in [1.82, 2.24) is 20.2 Å². The van der Waals surface area contributed by atoms with Crippen LogP contribution in [-0.4, -0.2) is 44.5 Å². The minimum atomic E-state index is -1.06. The highest BCUT2D eigenvalue weighted by atomic mass is 19.1. The van der Waals surface area contributed by atoms with Crippen molar-refractivity contribution in [3.8, 4) is 11.4 Å². The molecule has 1 aromatic carbocycles. The molecular weight excluding hydrogens is 286 g/mol.